The lowest BCUT2D eigenvalue weighted by Gasteiger charge is -2.31. The zero-order valence-electron chi connectivity index (χ0n) is 10.6. The Bertz CT molecular complexity index is 437. The van der Waals surface area contributed by atoms with Crippen LogP contribution in [0, 0.1) is 0 Å². The Hall–Kier alpha value is -0.980. The Balaban J connectivity index is 2.33. The van der Waals surface area contributed by atoms with Crippen LogP contribution >= 0.6 is 11.3 Å². The van der Waals surface area contributed by atoms with E-state index in [-0.39, 0.29) is 11.5 Å². The number of aromatic nitrogens is 1. The number of nitrogens with zero attached hydrogens (tertiary/aromatic N) is 1. The van der Waals surface area contributed by atoms with Crippen molar-refractivity contribution in [1.82, 2.24) is 4.98 Å². The molecule has 6 heteroatoms. The first-order chi connectivity index (χ1) is 8.57. The van der Waals surface area contributed by atoms with E-state index >= 15 is 0 Å². The number of hydrogen-bond acceptors (Lipinski definition) is 5. The summed E-state index contributed by atoms with van der Waals surface area (Å²) >= 11 is 1.20. The van der Waals surface area contributed by atoms with E-state index in [1.54, 1.807) is 0 Å². The number of methoxy groups -OCH3 is 1. The molecule has 100 valence electrons. The fraction of sp³-hybridized carbons (Fsp3) is 0.667. The van der Waals surface area contributed by atoms with Crippen molar-refractivity contribution in [3.05, 3.63) is 15.6 Å². The smallest absolute Gasteiger partial charge is 0.347 e. The van der Waals surface area contributed by atoms with Crippen LogP contribution in [0.2, 0.25) is 0 Å². The Morgan fingerprint density at radius 3 is 2.94 bits per heavy atom. The molecule has 1 fully saturated rings. The lowest BCUT2D eigenvalue weighted by atomic mass is 9.97. The van der Waals surface area contributed by atoms with Crippen LogP contribution in [0.25, 0.3) is 0 Å². The quantitative estimate of drug-likeness (QED) is 0.910. The summed E-state index contributed by atoms with van der Waals surface area (Å²) in [4.78, 5) is 15.8. The van der Waals surface area contributed by atoms with Crippen LogP contribution in [0.4, 0.5) is 0 Å². The zero-order chi connectivity index (χ0) is 13.2. The van der Waals surface area contributed by atoms with Crippen molar-refractivity contribution in [2.45, 2.75) is 38.4 Å². The van der Waals surface area contributed by atoms with Crippen LogP contribution in [0.5, 0.6) is 0 Å². The molecule has 2 rings (SSSR count). The van der Waals surface area contributed by atoms with Crippen molar-refractivity contribution in [2.75, 3.05) is 13.7 Å². The number of carboxylic acid groups (broad SMARTS) is 1. The molecule has 2 heterocycles. The van der Waals surface area contributed by atoms with Gasteiger partial charge in [-0.3, -0.25) is 0 Å². The molecule has 0 aliphatic carbocycles. The average molecular weight is 271 g/mol. The van der Waals surface area contributed by atoms with Gasteiger partial charge < -0.3 is 14.6 Å². The second-order valence-corrected chi connectivity index (χ2v) is 5.57. The molecule has 0 aromatic carbocycles. The fourth-order valence-corrected chi connectivity index (χ4v) is 3.12. The molecule has 1 saturated heterocycles. The van der Waals surface area contributed by atoms with Crippen LogP contribution in [-0.4, -0.2) is 29.8 Å². The molecule has 1 N–H and O–H groups in total. The normalized spacial score (nSPS) is 24.1. The standard InChI is InChI=1S/C12H17NO4S/c1-12(5-3-4-6-17-12)11-13-8(7-16-2)9(18-11)10(14)15/h3-7H2,1-2H3,(H,14,15). The van der Waals surface area contributed by atoms with Crippen molar-refractivity contribution in [1.29, 1.82) is 0 Å². The lowest BCUT2D eigenvalue weighted by molar-refractivity contribution is -0.0703. The molecule has 1 aliphatic rings. The summed E-state index contributed by atoms with van der Waals surface area (Å²) in [7, 11) is 1.53. The number of carbonyl (C=O) groups is 1. The maximum Gasteiger partial charge on any atom is 0.347 e. The van der Waals surface area contributed by atoms with Gasteiger partial charge in [-0.15, -0.1) is 11.3 Å². The number of hydrogen-bond donors (Lipinski definition) is 1. The first kappa shape index (κ1) is 13.5. The maximum absolute atomic E-state index is 11.2. The highest BCUT2D eigenvalue weighted by Crippen LogP contribution is 2.38. The zero-order valence-corrected chi connectivity index (χ0v) is 11.4. The molecule has 1 aromatic rings. The minimum Gasteiger partial charge on any atom is -0.477 e. The van der Waals surface area contributed by atoms with Crippen molar-refractivity contribution in [3.63, 3.8) is 0 Å². The minimum atomic E-state index is -0.954. The Labute approximate surface area is 110 Å². The molecule has 0 spiro atoms. The number of rotatable bonds is 4. The van der Waals surface area contributed by atoms with E-state index in [0.29, 0.717) is 12.3 Å². The molecule has 5 nitrogen and oxygen atoms in total. The molecular weight excluding hydrogens is 254 g/mol. The van der Waals surface area contributed by atoms with Gasteiger partial charge in [-0.05, 0) is 26.2 Å². The Kier molecular flexibility index (Phi) is 3.99. The van der Waals surface area contributed by atoms with Crippen molar-refractivity contribution >= 4 is 17.3 Å². The summed E-state index contributed by atoms with van der Waals surface area (Å²) in [5, 5.41) is 9.90. The van der Waals surface area contributed by atoms with Gasteiger partial charge in [0.1, 0.15) is 15.5 Å². The number of aromatic carboxylic acids is 1. The average Bonchev–Trinajstić information content (AvgIpc) is 2.75. The van der Waals surface area contributed by atoms with E-state index in [4.69, 9.17) is 14.6 Å². The van der Waals surface area contributed by atoms with Gasteiger partial charge in [-0.2, -0.15) is 0 Å². The first-order valence-electron chi connectivity index (χ1n) is 5.93. The Morgan fingerprint density at radius 2 is 2.39 bits per heavy atom. The minimum absolute atomic E-state index is 0.216. The van der Waals surface area contributed by atoms with E-state index in [1.165, 1.54) is 18.4 Å². The third-order valence-electron chi connectivity index (χ3n) is 3.09. The first-order valence-corrected chi connectivity index (χ1v) is 6.75. The van der Waals surface area contributed by atoms with Gasteiger partial charge in [0.2, 0.25) is 0 Å². The molecule has 1 atom stereocenters. The summed E-state index contributed by atoms with van der Waals surface area (Å²) in [5.74, 6) is -0.954. The SMILES string of the molecule is COCc1nc(C2(C)CCCCO2)sc1C(=O)O. The topological polar surface area (TPSA) is 68.7 Å². The highest BCUT2D eigenvalue weighted by atomic mass is 32.1. The molecule has 1 aliphatic heterocycles. The van der Waals surface area contributed by atoms with Gasteiger partial charge in [0.05, 0.1) is 12.3 Å². The molecule has 1 unspecified atom stereocenters. The van der Waals surface area contributed by atoms with Gasteiger partial charge in [-0.1, -0.05) is 0 Å². The molecule has 0 saturated carbocycles. The number of ether oxygens (including phenoxy) is 2. The molecule has 1 aromatic heterocycles. The van der Waals surface area contributed by atoms with Gasteiger partial charge in [0.25, 0.3) is 0 Å². The lowest BCUT2D eigenvalue weighted by Crippen LogP contribution is -2.30. The van der Waals surface area contributed by atoms with Crippen LogP contribution in [-0.2, 0) is 21.7 Å². The molecule has 0 amide bonds. The van der Waals surface area contributed by atoms with E-state index in [0.717, 1.165) is 24.3 Å². The van der Waals surface area contributed by atoms with Crippen molar-refractivity contribution in [3.8, 4) is 0 Å². The highest BCUT2D eigenvalue weighted by Gasteiger charge is 2.35. The third kappa shape index (κ3) is 2.55. The summed E-state index contributed by atoms with van der Waals surface area (Å²) in [5.41, 5.74) is 0.0412. The van der Waals surface area contributed by atoms with E-state index in [1.807, 2.05) is 6.92 Å². The summed E-state index contributed by atoms with van der Waals surface area (Å²) < 4.78 is 10.8. The molecule has 0 radical (unpaired) electrons. The monoisotopic (exact) mass is 271 g/mol. The van der Waals surface area contributed by atoms with E-state index < -0.39 is 11.6 Å². The van der Waals surface area contributed by atoms with Gasteiger partial charge in [0, 0.05) is 13.7 Å². The molecule has 18 heavy (non-hydrogen) atoms. The van der Waals surface area contributed by atoms with Gasteiger partial charge in [0.15, 0.2) is 0 Å². The molecular formula is C12H17NO4S. The maximum atomic E-state index is 11.2. The summed E-state index contributed by atoms with van der Waals surface area (Å²) in [6, 6.07) is 0. The van der Waals surface area contributed by atoms with Gasteiger partial charge in [-0.25, -0.2) is 9.78 Å². The van der Waals surface area contributed by atoms with Crippen molar-refractivity contribution in [2.24, 2.45) is 0 Å². The van der Waals surface area contributed by atoms with E-state index in [9.17, 15) is 4.79 Å². The third-order valence-corrected chi connectivity index (χ3v) is 4.42. The number of thiazole rings is 1. The van der Waals surface area contributed by atoms with E-state index in [2.05, 4.69) is 4.98 Å². The van der Waals surface area contributed by atoms with Gasteiger partial charge >= 0.3 is 5.97 Å². The van der Waals surface area contributed by atoms with Crippen LogP contribution in [0.15, 0.2) is 0 Å². The summed E-state index contributed by atoms with van der Waals surface area (Å²) in [6.07, 6.45) is 3.02. The second-order valence-electron chi connectivity index (χ2n) is 4.57. The Morgan fingerprint density at radius 1 is 1.61 bits per heavy atom. The highest BCUT2D eigenvalue weighted by molar-refractivity contribution is 7.13. The summed E-state index contributed by atoms with van der Waals surface area (Å²) in [6.45, 7) is 2.90. The van der Waals surface area contributed by atoms with Crippen LogP contribution in [0.1, 0.15) is 46.6 Å². The predicted octanol–water partition coefficient (Wildman–Crippen LogP) is 2.40. The van der Waals surface area contributed by atoms with Crippen LogP contribution in [0.3, 0.4) is 0 Å². The second kappa shape index (κ2) is 5.34. The fourth-order valence-electron chi connectivity index (χ4n) is 2.08. The predicted molar refractivity (Wildman–Crippen MR) is 66.9 cm³/mol. The van der Waals surface area contributed by atoms with Crippen molar-refractivity contribution < 1.29 is 19.4 Å². The largest absolute Gasteiger partial charge is 0.477 e. The molecule has 0 bridgehead atoms. The van der Waals surface area contributed by atoms with Crippen LogP contribution < -0.4 is 0 Å². The number of carboxylic acids is 1.